The molecule has 2 heterocycles. The lowest BCUT2D eigenvalue weighted by Crippen LogP contribution is -2.01. The van der Waals surface area contributed by atoms with Gasteiger partial charge in [0.05, 0.1) is 5.69 Å². The summed E-state index contributed by atoms with van der Waals surface area (Å²) in [6.45, 7) is 4.13. The minimum Gasteiger partial charge on any atom is -0.372 e. The first-order valence-corrected chi connectivity index (χ1v) is 5.69. The van der Waals surface area contributed by atoms with Crippen LogP contribution in [0.5, 0.6) is 0 Å². The average Bonchev–Trinajstić information content (AvgIpc) is 2.55. The molecule has 2 aromatic heterocycles. The van der Waals surface area contributed by atoms with Crippen molar-refractivity contribution < 1.29 is 0 Å². The Bertz CT molecular complexity index is 504. The first kappa shape index (κ1) is 10.4. The van der Waals surface area contributed by atoms with Crippen LogP contribution < -0.4 is 5.32 Å². The van der Waals surface area contributed by atoms with Crippen LogP contribution in [0.3, 0.4) is 0 Å². The Morgan fingerprint density at radius 3 is 2.87 bits per heavy atom. The first-order chi connectivity index (χ1) is 7.17. The van der Waals surface area contributed by atoms with E-state index in [4.69, 9.17) is 0 Å². The lowest BCUT2D eigenvalue weighted by molar-refractivity contribution is 0.909. The van der Waals surface area contributed by atoms with Gasteiger partial charge in [0.25, 0.3) is 0 Å². The van der Waals surface area contributed by atoms with E-state index in [-0.39, 0.29) is 0 Å². The molecule has 0 aliphatic carbocycles. The van der Waals surface area contributed by atoms with Crippen molar-refractivity contribution in [1.29, 1.82) is 0 Å². The molecule has 0 unspecified atom stereocenters. The fourth-order valence-electron chi connectivity index (χ4n) is 1.67. The number of aryl methyl sites for hydroxylation is 2. The lowest BCUT2D eigenvalue weighted by Gasteiger charge is -2.02. The Balaban J connectivity index is 2.82. The second-order valence-corrected chi connectivity index (χ2v) is 4.21. The van der Waals surface area contributed by atoms with Gasteiger partial charge in [-0.15, -0.1) is 0 Å². The van der Waals surface area contributed by atoms with Crippen molar-refractivity contribution in [2.24, 2.45) is 0 Å². The highest BCUT2D eigenvalue weighted by Crippen LogP contribution is 2.21. The van der Waals surface area contributed by atoms with Crippen molar-refractivity contribution in [3.05, 3.63) is 21.9 Å². The topological polar surface area (TPSA) is 42.2 Å². The van der Waals surface area contributed by atoms with Gasteiger partial charge in [-0.05, 0) is 40.9 Å². The molecule has 0 aliphatic heterocycles. The highest BCUT2D eigenvalue weighted by molar-refractivity contribution is 9.10. The molecule has 0 radical (unpaired) electrons. The van der Waals surface area contributed by atoms with Crippen LogP contribution >= 0.6 is 15.9 Å². The van der Waals surface area contributed by atoms with Crippen LogP contribution in [0.15, 0.2) is 10.7 Å². The molecular weight excluding hydrogens is 256 g/mol. The van der Waals surface area contributed by atoms with Crippen molar-refractivity contribution >= 4 is 27.4 Å². The molecular formula is C10H13BrN4. The van der Waals surface area contributed by atoms with Crippen LogP contribution in [0.2, 0.25) is 0 Å². The predicted octanol–water partition coefficient (Wildman–Crippen LogP) is 2.40. The van der Waals surface area contributed by atoms with E-state index in [1.165, 1.54) is 0 Å². The van der Waals surface area contributed by atoms with Gasteiger partial charge in [-0.2, -0.15) is 9.61 Å². The summed E-state index contributed by atoms with van der Waals surface area (Å²) >= 11 is 3.39. The molecule has 2 aromatic rings. The summed E-state index contributed by atoms with van der Waals surface area (Å²) in [6.07, 6.45) is 0.899. The molecule has 0 atom stereocenters. The van der Waals surface area contributed by atoms with E-state index >= 15 is 0 Å². The van der Waals surface area contributed by atoms with Crippen LogP contribution in [0.1, 0.15) is 18.2 Å². The van der Waals surface area contributed by atoms with E-state index in [0.717, 1.165) is 33.7 Å². The molecule has 0 fully saturated rings. The summed E-state index contributed by atoms with van der Waals surface area (Å²) in [7, 11) is 1.89. The van der Waals surface area contributed by atoms with Crippen molar-refractivity contribution in [2.75, 3.05) is 12.4 Å². The monoisotopic (exact) mass is 268 g/mol. The number of halogens is 1. The van der Waals surface area contributed by atoms with E-state index < -0.39 is 0 Å². The third-order valence-corrected chi connectivity index (χ3v) is 2.77. The Hall–Kier alpha value is -1.10. The summed E-state index contributed by atoms with van der Waals surface area (Å²) in [4.78, 5) is 4.56. The first-order valence-electron chi connectivity index (χ1n) is 4.90. The van der Waals surface area contributed by atoms with Gasteiger partial charge in [-0.25, -0.2) is 4.98 Å². The zero-order valence-corrected chi connectivity index (χ0v) is 10.6. The van der Waals surface area contributed by atoms with Gasteiger partial charge in [-0.3, -0.25) is 0 Å². The zero-order valence-electron chi connectivity index (χ0n) is 9.00. The van der Waals surface area contributed by atoms with Crippen LogP contribution in [0.25, 0.3) is 5.65 Å². The van der Waals surface area contributed by atoms with Crippen LogP contribution in [0, 0.1) is 6.92 Å². The summed E-state index contributed by atoms with van der Waals surface area (Å²) < 4.78 is 2.67. The third kappa shape index (κ3) is 1.61. The molecule has 80 valence electrons. The molecule has 0 saturated carbocycles. The summed E-state index contributed by atoms with van der Waals surface area (Å²) in [6, 6.07) is 1.97. The van der Waals surface area contributed by atoms with Gasteiger partial charge in [0.15, 0.2) is 11.5 Å². The van der Waals surface area contributed by atoms with Crippen molar-refractivity contribution in [2.45, 2.75) is 20.3 Å². The average molecular weight is 269 g/mol. The van der Waals surface area contributed by atoms with Gasteiger partial charge >= 0.3 is 0 Å². The molecule has 0 aliphatic rings. The smallest absolute Gasteiger partial charge is 0.159 e. The predicted molar refractivity (Wildman–Crippen MR) is 64.3 cm³/mol. The highest BCUT2D eigenvalue weighted by atomic mass is 79.9. The molecule has 0 spiro atoms. The molecule has 4 nitrogen and oxygen atoms in total. The Kier molecular flexibility index (Phi) is 2.65. The number of nitrogens with zero attached hydrogens (tertiary/aromatic N) is 3. The lowest BCUT2D eigenvalue weighted by atomic mass is 10.3. The van der Waals surface area contributed by atoms with Gasteiger partial charge in [0, 0.05) is 7.05 Å². The second-order valence-electron chi connectivity index (χ2n) is 3.40. The van der Waals surface area contributed by atoms with E-state index in [0.29, 0.717) is 0 Å². The van der Waals surface area contributed by atoms with Gasteiger partial charge in [0.2, 0.25) is 0 Å². The number of hydrogen-bond acceptors (Lipinski definition) is 3. The quantitative estimate of drug-likeness (QED) is 0.910. The normalized spacial score (nSPS) is 10.9. The number of rotatable bonds is 2. The number of nitrogens with one attached hydrogen (secondary N) is 1. The Morgan fingerprint density at radius 1 is 1.53 bits per heavy atom. The van der Waals surface area contributed by atoms with E-state index in [1.54, 1.807) is 0 Å². The molecule has 0 amide bonds. The highest BCUT2D eigenvalue weighted by Gasteiger charge is 2.12. The van der Waals surface area contributed by atoms with Crippen molar-refractivity contribution in [1.82, 2.24) is 14.6 Å². The van der Waals surface area contributed by atoms with Crippen LogP contribution in [0.4, 0.5) is 5.82 Å². The number of anilines is 1. The second kappa shape index (κ2) is 3.81. The fourth-order valence-corrected chi connectivity index (χ4v) is 2.18. The Labute approximate surface area is 96.8 Å². The molecule has 1 N–H and O–H groups in total. The SMILES string of the molecule is CCc1nc2c(C)cc(Br)nn2c1NC. The maximum absolute atomic E-state index is 4.56. The van der Waals surface area contributed by atoms with Crippen LogP contribution in [-0.4, -0.2) is 21.6 Å². The van der Waals surface area contributed by atoms with Crippen molar-refractivity contribution in [3.8, 4) is 0 Å². The van der Waals surface area contributed by atoms with E-state index in [2.05, 4.69) is 38.3 Å². The molecule has 0 saturated heterocycles. The van der Waals surface area contributed by atoms with E-state index in [9.17, 15) is 0 Å². The molecule has 0 bridgehead atoms. The van der Waals surface area contributed by atoms with Gasteiger partial charge in [0.1, 0.15) is 4.60 Å². The Morgan fingerprint density at radius 2 is 2.27 bits per heavy atom. The third-order valence-electron chi connectivity index (χ3n) is 2.38. The fraction of sp³-hybridized carbons (Fsp3) is 0.400. The number of imidazole rings is 1. The molecule has 15 heavy (non-hydrogen) atoms. The van der Waals surface area contributed by atoms with Gasteiger partial charge < -0.3 is 5.32 Å². The summed E-state index contributed by atoms with van der Waals surface area (Å²) in [5.41, 5.74) is 3.08. The number of hydrogen-bond donors (Lipinski definition) is 1. The maximum atomic E-state index is 4.56. The minimum atomic E-state index is 0.823. The maximum Gasteiger partial charge on any atom is 0.159 e. The van der Waals surface area contributed by atoms with Crippen LogP contribution in [-0.2, 0) is 6.42 Å². The summed E-state index contributed by atoms with van der Waals surface area (Å²) in [5, 5.41) is 7.53. The van der Waals surface area contributed by atoms with Gasteiger partial charge in [-0.1, -0.05) is 6.92 Å². The van der Waals surface area contributed by atoms with E-state index in [1.807, 2.05) is 24.6 Å². The summed E-state index contributed by atoms with van der Waals surface area (Å²) in [5.74, 6) is 0.969. The zero-order chi connectivity index (χ0) is 11.0. The molecule has 0 aromatic carbocycles. The number of fused-ring (bicyclic) bond motifs is 1. The standard InChI is InChI=1S/C10H13BrN4/c1-4-7-10(12-3)15-9(13-7)6(2)5-8(11)14-15/h5,12H,4H2,1-3H3. The van der Waals surface area contributed by atoms with Crippen molar-refractivity contribution in [3.63, 3.8) is 0 Å². The molecule has 2 rings (SSSR count). The number of aromatic nitrogens is 3. The largest absolute Gasteiger partial charge is 0.372 e. The minimum absolute atomic E-state index is 0.823. The molecule has 5 heteroatoms.